The highest BCUT2D eigenvalue weighted by Crippen LogP contribution is 2.12. The molecule has 0 bridgehead atoms. The van der Waals surface area contributed by atoms with Crippen molar-refractivity contribution in [2.24, 2.45) is 0 Å². The summed E-state index contributed by atoms with van der Waals surface area (Å²) in [5, 5.41) is 6.11. The van der Waals surface area contributed by atoms with Gasteiger partial charge in [-0.15, -0.1) is 0 Å². The van der Waals surface area contributed by atoms with Crippen LogP contribution in [0, 0.1) is 0 Å². The molecule has 1 amide bonds. The molecule has 17 heavy (non-hydrogen) atoms. The molecule has 0 aliphatic heterocycles. The second-order valence-corrected chi connectivity index (χ2v) is 4.27. The van der Waals surface area contributed by atoms with Crippen molar-refractivity contribution < 1.29 is 9.21 Å². The van der Waals surface area contributed by atoms with E-state index in [4.69, 9.17) is 4.42 Å². The number of hydrogen-bond acceptors (Lipinski definition) is 3. The Labute approximate surface area is 103 Å². The van der Waals surface area contributed by atoms with Gasteiger partial charge in [-0.1, -0.05) is 13.3 Å². The van der Waals surface area contributed by atoms with Gasteiger partial charge in [0.2, 0.25) is 5.91 Å². The average molecular weight is 238 g/mol. The van der Waals surface area contributed by atoms with Gasteiger partial charge in [0.05, 0.1) is 18.3 Å². The van der Waals surface area contributed by atoms with Crippen LogP contribution in [-0.2, 0) is 4.79 Å². The van der Waals surface area contributed by atoms with E-state index in [1.54, 1.807) is 6.26 Å². The molecule has 1 unspecified atom stereocenters. The highest BCUT2D eigenvalue weighted by molar-refractivity contribution is 5.81. The van der Waals surface area contributed by atoms with Gasteiger partial charge in [0.15, 0.2) is 0 Å². The van der Waals surface area contributed by atoms with Crippen LogP contribution in [0.2, 0.25) is 0 Å². The third-order valence-corrected chi connectivity index (χ3v) is 2.69. The summed E-state index contributed by atoms with van der Waals surface area (Å²) in [6.07, 6.45) is 3.75. The zero-order valence-corrected chi connectivity index (χ0v) is 10.8. The van der Waals surface area contributed by atoms with Gasteiger partial charge >= 0.3 is 0 Å². The topological polar surface area (TPSA) is 54.3 Å². The zero-order valence-electron chi connectivity index (χ0n) is 10.8. The van der Waals surface area contributed by atoms with Crippen molar-refractivity contribution in [2.75, 3.05) is 6.54 Å². The van der Waals surface area contributed by atoms with E-state index in [1.807, 2.05) is 26.0 Å². The molecule has 1 rings (SSSR count). The number of carbonyl (C=O) groups excluding carboxylic acids is 1. The molecule has 2 N–H and O–H groups in total. The molecule has 1 heterocycles. The molecule has 96 valence electrons. The smallest absolute Gasteiger partial charge is 0.236 e. The van der Waals surface area contributed by atoms with Gasteiger partial charge in [-0.05, 0) is 32.4 Å². The van der Waals surface area contributed by atoms with Crippen molar-refractivity contribution in [1.82, 2.24) is 10.6 Å². The molecule has 0 saturated heterocycles. The van der Waals surface area contributed by atoms with Crippen molar-refractivity contribution in [1.29, 1.82) is 0 Å². The van der Waals surface area contributed by atoms with E-state index >= 15 is 0 Å². The number of rotatable bonds is 7. The van der Waals surface area contributed by atoms with Crippen molar-refractivity contribution >= 4 is 5.91 Å². The molecule has 0 fully saturated rings. The number of amides is 1. The molecule has 4 heteroatoms. The number of furan rings is 1. The third kappa shape index (κ3) is 4.61. The molecule has 0 radical (unpaired) electrons. The maximum atomic E-state index is 11.7. The van der Waals surface area contributed by atoms with E-state index < -0.39 is 0 Å². The summed E-state index contributed by atoms with van der Waals surface area (Å²) in [5.74, 6) is 0.884. The van der Waals surface area contributed by atoms with Crippen molar-refractivity contribution in [3.63, 3.8) is 0 Å². The Hall–Kier alpha value is -1.29. The van der Waals surface area contributed by atoms with Crippen LogP contribution >= 0.6 is 0 Å². The summed E-state index contributed by atoms with van der Waals surface area (Å²) in [7, 11) is 0. The van der Waals surface area contributed by atoms with E-state index in [-0.39, 0.29) is 18.0 Å². The Kier molecular flexibility index (Phi) is 5.77. The molecule has 0 aromatic carbocycles. The average Bonchev–Trinajstić information content (AvgIpc) is 2.82. The van der Waals surface area contributed by atoms with Crippen LogP contribution in [-0.4, -0.2) is 18.5 Å². The highest BCUT2D eigenvalue weighted by atomic mass is 16.3. The van der Waals surface area contributed by atoms with Gasteiger partial charge in [-0.3, -0.25) is 10.1 Å². The predicted octanol–water partition coefficient (Wildman–Crippen LogP) is 2.23. The van der Waals surface area contributed by atoms with Crippen LogP contribution in [0.3, 0.4) is 0 Å². The first-order valence-electron chi connectivity index (χ1n) is 6.22. The summed E-state index contributed by atoms with van der Waals surface area (Å²) in [5.41, 5.74) is 0. The summed E-state index contributed by atoms with van der Waals surface area (Å²) in [6, 6.07) is 3.57. The van der Waals surface area contributed by atoms with Gasteiger partial charge in [0.1, 0.15) is 5.76 Å². The summed E-state index contributed by atoms with van der Waals surface area (Å²) in [6.45, 7) is 6.69. The first-order valence-corrected chi connectivity index (χ1v) is 6.22. The lowest BCUT2D eigenvalue weighted by Gasteiger charge is -2.18. The Morgan fingerprint density at radius 3 is 2.82 bits per heavy atom. The number of hydrogen-bond donors (Lipinski definition) is 2. The van der Waals surface area contributed by atoms with Gasteiger partial charge in [0, 0.05) is 6.54 Å². The number of carbonyl (C=O) groups is 1. The van der Waals surface area contributed by atoms with Crippen molar-refractivity contribution in [3.8, 4) is 0 Å². The normalized spacial score (nSPS) is 14.3. The zero-order chi connectivity index (χ0) is 12.7. The maximum absolute atomic E-state index is 11.7. The molecule has 0 spiro atoms. The third-order valence-electron chi connectivity index (χ3n) is 2.69. The molecule has 1 aromatic heterocycles. The van der Waals surface area contributed by atoms with Crippen molar-refractivity contribution in [2.45, 2.75) is 45.7 Å². The molecule has 2 atom stereocenters. The number of unbranched alkanes of at least 4 members (excludes halogenated alkanes) is 1. The Balaban J connectivity index is 2.32. The summed E-state index contributed by atoms with van der Waals surface area (Å²) >= 11 is 0. The fourth-order valence-corrected chi connectivity index (χ4v) is 1.61. The van der Waals surface area contributed by atoms with Crippen molar-refractivity contribution in [3.05, 3.63) is 24.2 Å². The molecule has 1 aromatic rings. The second-order valence-electron chi connectivity index (χ2n) is 4.27. The molecular weight excluding hydrogens is 216 g/mol. The van der Waals surface area contributed by atoms with E-state index in [2.05, 4.69) is 17.6 Å². The largest absolute Gasteiger partial charge is 0.468 e. The maximum Gasteiger partial charge on any atom is 0.236 e. The molecule has 4 nitrogen and oxygen atoms in total. The minimum absolute atomic E-state index is 0.0388. The molecular formula is C13H22N2O2. The van der Waals surface area contributed by atoms with Crippen LogP contribution in [0.1, 0.15) is 45.4 Å². The Bertz CT molecular complexity index is 322. The minimum Gasteiger partial charge on any atom is -0.468 e. The van der Waals surface area contributed by atoms with Crippen LogP contribution in [0.15, 0.2) is 22.8 Å². The van der Waals surface area contributed by atoms with E-state index in [9.17, 15) is 4.79 Å². The highest BCUT2D eigenvalue weighted by Gasteiger charge is 2.16. The quantitative estimate of drug-likeness (QED) is 0.716. The van der Waals surface area contributed by atoms with Gasteiger partial charge in [0.25, 0.3) is 0 Å². The lowest BCUT2D eigenvalue weighted by molar-refractivity contribution is -0.122. The van der Waals surface area contributed by atoms with E-state index in [0.717, 1.165) is 25.1 Å². The fourth-order valence-electron chi connectivity index (χ4n) is 1.61. The first-order chi connectivity index (χ1) is 8.15. The molecule has 0 aliphatic rings. The van der Waals surface area contributed by atoms with Crippen LogP contribution in [0.25, 0.3) is 0 Å². The fraction of sp³-hybridized carbons (Fsp3) is 0.615. The monoisotopic (exact) mass is 238 g/mol. The number of nitrogens with one attached hydrogen (secondary N) is 2. The summed E-state index contributed by atoms with van der Waals surface area (Å²) in [4.78, 5) is 11.7. The predicted molar refractivity (Wildman–Crippen MR) is 67.6 cm³/mol. The van der Waals surface area contributed by atoms with Crippen LogP contribution in [0.4, 0.5) is 0 Å². The second kappa shape index (κ2) is 7.12. The SMILES string of the molecule is CCCCNC(=O)C(C)N[C@@H](C)c1ccco1. The van der Waals surface area contributed by atoms with Gasteiger partial charge in [-0.25, -0.2) is 0 Å². The first kappa shape index (κ1) is 13.8. The summed E-state index contributed by atoms with van der Waals surface area (Å²) < 4.78 is 5.28. The standard InChI is InChI=1S/C13H22N2O2/c1-4-5-8-14-13(16)11(3)15-10(2)12-7-6-9-17-12/h6-7,9-11,15H,4-5,8H2,1-3H3,(H,14,16)/t10-,11?/m0/s1. The van der Waals surface area contributed by atoms with Gasteiger partial charge in [-0.2, -0.15) is 0 Å². The van der Waals surface area contributed by atoms with E-state index in [0.29, 0.717) is 0 Å². The van der Waals surface area contributed by atoms with Crippen LogP contribution in [0.5, 0.6) is 0 Å². The van der Waals surface area contributed by atoms with Crippen LogP contribution < -0.4 is 10.6 Å². The molecule has 0 saturated carbocycles. The molecule has 0 aliphatic carbocycles. The lowest BCUT2D eigenvalue weighted by atomic mass is 10.2. The Morgan fingerprint density at radius 2 is 2.24 bits per heavy atom. The van der Waals surface area contributed by atoms with E-state index in [1.165, 1.54) is 0 Å². The van der Waals surface area contributed by atoms with Gasteiger partial charge < -0.3 is 9.73 Å². The lowest BCUT2D eigenvalue weighted by Crippen LogP contribution is -2.43. The Morgan fingerprint density at radius 1 is 1.47 bits per heavy atom. The minimum atomic E-state index is -0.216.